The number of nitrogens with zero attached hydrogens (tertiary/aromatic N) is 1. The molecule has 0 radical (unpaired) electrons. The van der Waals surface area contributed by atoms with E-state index in [0.29, 0.717) is 11.3 Å². The molecule has 24 heavy (non-hydrogen) atoms. The number of para-hydroxylation sites is 1. The zero-order chi connectivity index (χ0) is 16.8. The van der Waals surface area contributed by atoms with Gasteiger partial charge in [-0.1, -0.05) is 18.2 Å². The van der Waals surface area contributed by atoms with E-state index in [9.17, 15) is 4.79 Å². The van der Waals surface area contributed by atoms with E-state index in [1.807, 2.05) is 43.4 Å². The van der Waals surface area contributed by atoms with Gasteiger partial charge in [0, 0.05) is 34.1 Å². The van der Waals surface area contributed by atoms with Crippen molar-refractivity contribution in [1.29, 1.82) is 0 Å². The molecule has 4 aromatic rings. The Morgan fingerprint density at radius 3 is 2.46 bits per heavy atom. The molecule has 0 saturated carbocycles. The molecule has 0 N–H and O–H groups in total. The average molecular weight is 319 g/mol. The van der Waals surface area contributed by atoms with E-state index >= 15 is 0 Å². The molecule has 0 unspecified atom stereocenters. The van der Waals surface area contributed by atoms with Crippen LogP contribution in [0.2, 0.25) is 0 Å². The molecule has 0 aliphatic rings. The van der Waals surface area contributed by atoms with Crippen LogP contribution in [0.4, 0.5) is 0 Å². The van der Waals surface area contributed by atoms with Crippen molar-refractivity contribution in [3.63, 3.8) is 0 Å². The Hall–Kier alpha value is -3.01. The van der Waals surface area contributed by atoms with Crippen LogP contribution in [0, 0.1) is 0 Å². The molecule has 0 aliphatic heterocycles. The minimum atomic E-state index is -0.344. The monoisotopic (exact) mass is 319 g/mol. The van der Waals surface area contributed by atoms with E-state index in [0.717, 1.165) is 32.6 Å². The highest BCUT2D eigenvalue weighted by Crippen LogP contribution is 2.37. The number of benzene rings is 3. The summed E-state index contributed by atoms with van der Waals surface area (Å²) in [5.41, 5.74) is 2.78. The van der Waals surface area contributed by atoms with Gasteiger partial charge in [0.15, 0.2) is 0 Å². The summed E-state index contributed by atoms with van der Waals surface area (Å²) in [6, 6.07) is 15.9. The quantitative estimate of drug-likeness (QED) is 0.518. The minimum Gasteiger partial charge on any atom is -0.497 e. The van der Waals surface area contributed by atoms with E-state index in [-0.39, 0.29) is 5.97 Å². The molecule has 1 aromatic heterocycles. The van der Waals surface area contributed by atoms with Crippen LogP contribution in [0.1, 0.15) is 10.4 Å². The second-order valence-electron chi connectivity index (χ2n) is 5.80. The predicted molar refractivity (Wildman–Crippen MR) is 95.8 cm³/mol. The molecule has 4 nitrogen and oxygen atoms in total. The molecule has 0 atom stereocenters. The van der Waals surface area contributed by atoms with Crippen molar-refractivity contribution >= 4 is 38.5 Å². The molecule has 4 rings (SSSR count). The number of aromatic nitrogens is 1. The third kappa shape index (κ3) is 1.89. The number of hydrogen-bond donors (Lipinski definition) is 0. The van der Waals surface area contributed by atoms with Crippen LogP contribution in [0.5, 0.6) is 5.75 Å². The zero-order valence-corrected chi connectivity index (χ0v) is 13.8. The number of carbonyl (C=O) groups is 1. The van der Waals surface area contributed by atoms with E-state index in [4.69, 9.17) is 9.47 Å². The molecule has 0 aliphatic carbocycles. The first-order chi connectivity index (χ1) is 11.7. The third-order valence-electron chi connectivity index (χ3n) is 4.61. The second-order valence-corrected chi connectivity index (χ2v) is 5.80. The number of methoxy groups -OCH3 is 2. The molecular formula is C20H17NO3. The number of esters is 1. The average Bonchev–Trinajstić information content (AvgIpc) is 2.92. The maximum Gasteiger partial charge on any atom is 0.338 e. The fourth-order valence-electron chi connectivity index (χ4n) is 3.48. The number of rotatable bonds is 2. The number of aryl methyl sites for hydroxylation is 1. The van der Waals surface area contributed by atoms with Crippen molar-refractivity contribution in [2.45, 2.75) is 0 Å². The maximum absolute atomic E-state index is 12.3. The van der Waals surface area contributed by atoms with Crippen molar-refractivity contribution in [2.24, 2.45) is 7.05 Å². The molecular weight excluding hydrogens is 302 g/mol. The summed E-state index contributed by atoms with van der Waals surface area (Å²) in [6.07, 6.45) is 0. The molecule has 0 bridgehead atoms. The van der Waals surface area contributed by atoms with Gasteiger partial charge in [-0.3, -0.25) is 0 Å². The SMILES string of the molecule is COC(=O)c1cc2c3ccccc3n(C)c2c2ccc(OC)cc12. The van der Waals surface area contributed by atoms with Crippen LogP contribution >= 0.6 is 0 Å². The Balaban J connectivity index is 2.27. The first-order valence-corrected chi connectivity index (χ1v) is 7.72. The van der Waals surface area contributed by atoms with Crippen LogP contribution in [0.25, 0.3) is 32.6 Å². The zero-order valence-electron chi connectivity index (χ0n) is 13.8. The van der Waals surface area contributed by atoms with E-state index < -0.39 is 0 Å². The van der Waals surface area contributed by atoms with Crippen LogP contribution in [0.3, 0.4) is 0 Å². The fourth-order valence-corrected chi connectivity index (χ4v) is 3.48. The van der Waals surface area contributed by atoms with Crippen molar-refractivity contribution in [1.82, 2.24) is 4.57 Å². The number of ether oxygens (including phenoxy) is 2. The lowest BCUT2D eigenvalue weighted by atomic mass is 9.99. The van der Waals surface area contributed by atoms with Gasteiger partial charge in [0.05, 0.1) is 25.3 Å². The Bertz CT molecular complexity index is 1110. The lowest BCUT2D eigenvalue weighted by Crippen LogP contribution is -2.03. The Kier molecular flexibility index (Phi) is 3.20. The van der Waals surface area contributed by atoms with Crippen molar-refractivity contribution in [3.05, 3.63) is 54.1 Å². The topological polar surface area (TPSA) is 40.5 Å². The summed E-state index contributed by atoms with van der Waals surface area (Å²) in [4.78, 5) is 12.3. The maximum atomic E-state index is 12.3. The van der Waals surface area contributed by atoms with Gasteiger partial charge in [-0.25, -0.2) is 4.79 Å². The first kappa shape index (κ1) is 14.6. The van der Waals surface area contributed by atoms with Crippen molar-refractivity contribution < 1.29 is 14.3 Å². The van der Waals surface area contributed by atoms with Gasteiger partial charge in [0.2, 0.25) is 0 Å². The van der Waals surface area contributed by atoms with Gasteiger partial charge in [-0.15, -0.1) is 0 Å². The van der Waals surface area contributed by atoms with E-state index in [2.05, 4.69) is 16.7 Å². The van der Waals surface area contributed by atoms with Crippen LogP contribution in [-0.4, -0.2) is 24.8 Å². The molecule has 120 valence electrons. The third-order valence-corrected chi connectivity index (χ3v) is 4.61. The molecule has 0 amide bonds. The van der Waals surface area contributed by atoms with Gasteiger partial charge in [0.25, 0.3) is 0 Å². The summed E-state index contributed by atoms with van der Waals surface area (Å²) >= 11 is 0. The highest BCUT2D eigenvalue weighted by Gasteiger charge is 2.18. The van der Waals surface area contributed by atoms with Gasteiger partial charge in [-0.05, 0) is 30.3 Å². The van der Waals surface area contributed by atoms with Crippen molar-refractivity contribution in [2.75, 3.05) is 14.2 Å². The van der Waals surface area contributed by atoms with Gasteiger partial charge < -0.3 is 14.0 Å². The second kappa shape index (κ2) is 5.27. The summed E-state index contributed by atoms with van der Waals surface area (Å²) in [7, 11) is 5.07. The van der Waals surface area contributed by atoms with Gasteiger partial charge in [-0.2, -0.15) is 0 Å². The molecule has 3 aromatic carbocycles. The van der Waals surface area contributed by atoms with Crippen LogP contribution in [-0.2, 0) is 11.8 Å². The van der Waals surface area contributed by atoms with Gasteiger partial charge >= 0.3 is 5.97 Å². The smallest absolute Gasteiger partial charge is 0.338 e. The molecule has 0 saturated heterocycles. The molecule has 4 heteroatoms. The van der Waals surface area contributed by atoms with Crippen molar-refractivity contribution in [3.8, 4) is 5.75 Å². The largest absolute Gasteiger partial charge is 0.497 e. The van der Waals surface area contributed by atoms with Gasteiger partial charge in [0.1, 0.15) is 5.75 Å². The first-order valence-electron chi connectivity index (χ1n) is 7.72. The molecule has 0 spiro atoms. The number of fused-ring (bicyclic) bond motifs is 5. The highest BCUT2D eigenvalue weighted by molar-refractivity contribution is 6.22. The van der Waals surface area contributed by atoms with E-state index in [1.54, 1.807) is 7.11 Å². The summed E-state index contributed by atoms with van der Waals surface area (Å²) in [5, 5.41) is 4.01. The number of hydrogen-bond acceptors (Lipinski definition) is 3. The Morgan fingerprint density at radius 1 is 0.917 bits per heavy atom. The Labute approximate surface area is 139 Å². The lowest BCUT2D eigenvalue weighted by Gasteiger charge is -2.10. The predicted octanol–water partition coefficient (Wildman–Crippen LogP) is 4.28. The highest BCUT2D eigenvalue weighted by atomic mass is 16.5. The number of carbonyl (C=O) groups excluding carboxylic acids is 1. The fraction of sp³-hybridized carbons (Fsp3) is 0.150. The normalized spacial score (nSPS) is 11.3. The standard InChI is InChI=1S/C20H17NO3/c1-21-18-7-5-4-6-13(18)16-11-17(20(22)24-3)15-10-12(23-2)8-9-14(15)19(16)21/h4-11H,1-3H3. The van der Waals surface area contributed by atoms with E-state index in [1.165, 1.54) is 7.11 Å². The molecule has 1 heterocycles. The Morgan fingerprint density at radius 2 is 1.71 bits per heavy atom. The van der Waals surface area contributed by atoms with Crippen LogP contribution in [0.15, 0.2) is 48.5 Å². The summed E-state index contributed by atoms with van der Waals surface area (Å²) < 4.78 is 12.5. The minimum absolute atomic E-state index is 0.344. The summed E-state index contributed by atoms with van der Waals surface area (Å²) in [5.74, 6) is 0.369. The summed E-state index contributed by atoms with van der Waals surface area (Å²) in [6.45, 7) is 0. The molecule has 0 fully saturated rings. The lowest BCUT2D eigenvalue weighted by molar-refractivity contribution is 0.0603. The van der Waals surface area contributed by atoms with Crippen LogP contribution < -0.4 is 4.74 Å².